The number of amides is 1. The number of benzene rings is 1. The van der Waals surface area contributed by atoms with Gasteiger partial charge in [-0.2, -0.15) is 14.6 Å². The molecule has 3 aromatic rings. The third-order valence-electron chi connectivity index (χ3n) is 5.20. The molecule has 0 radical (unpaired) electrons. The quantitative estimate of drug-likeness (QED) is 0.732. The van der Waals surface area contributed by atoms with Crippen LogP contribution in [0.2, 0.25) is 0 Å². The number of halogens is 1. The van der Waals surface area contributed by atoms with Crippen molar-refractivity contribution in [2.45, 2.75) is 26.2 Å². The van der Waals surface area contributed by atoms with Gasteiger partial charge in [0.25, 0.3) is 5.78 Å². The lowest BCUT2D eigenvalue weighted by molar-refractivity contribution is -0.125. The molecule has 2 aromatic heterocycles. The summed E-state index contributed by atoms with van der Waals surface area (Å²) < 4.78 is 15.4. The Balaban J connectivity index is 1.32. The molecule has 8 heteroatoms. The molecule has 1 saturated heterocycles. The second-order valence-corrected chi connectivity index (χ2v) is 7.12. The number of aryl methyl sites for hydroxylation is 1. The van der Waals surface area contributed by atoms with Crippen molar-refractivity contribution in [1.82, 2.24) is 24.9 Å². The minimum atomic E-state index is -0.225. The lowest BCUT2D eigenvalue weighted by atomic mass is 9.95. The highest BCUT2D eigenvalue weighted by Gasteiger charge is 2.26. The second kappa shape index (κ2) is 7.92. The van der Waals surface area contributed by atoms with Crippen molar-refractivity contribution in [2.75, 3.05) is 24.5 Å². The number of carbonyl (C=O) groups is 1. The minimum Gasteiger partial charge on any atom is -0.356 e. The van der Waals surface area contributed by atoms with E-state index < -0.39 is 0 Å². The predicted octanol–water partition coefficient (Wildman–Crippen LogP) is 2.15. The number of piperidine rings is 1. The lowest BCUT2D eigenvalue weighted by Crippen LogP contribution is -2.41. The number of hydrogen-bond donors (Lipinski definition) is 1. The summed E-state index contributed by atoms with van der Waals surface area (Å²) in [7, 11) is 0. The van der Waals surface area contributed by atoms with Gasteiger partial charge in [0, 0.05) is 37.3 Å². The van der Waals surface area contributed by atoms with Crippen LogP contribution in [0.3, 0.4) is 0 Å². The maximum Gasteiger partial charge on any atom is 0.254 e. The topological polar surface area (TPSA) is 75.4 Å². The molecule has 0 saturated carbocycles. The molecule has 7 nitrogen and oxygen atoms in total. The molecule has 4 rings (SSSR count). The summed E-state index contributed by atoms with van der Waals surface area (Å²) >= 11 is 0. The molecule has 0 aliphatic carbocycles. The highest BCUT2D eigenvalue weighted by Crippen LogP contribution is 2.24. The molecule has 1 aliphatic heterocycles. The zero-order chi connectivity index (χ0) is 19.5. The van der Waals surface area contributed by atoms with Crippen molar-refractivity contribution in [2.24, 2.45) is 5.92 Å². The van der Waals surface area contributed by atoms with Gasteiger partial charge in [-0.1, -0.05) is 18.2 Å². The van der Waals surface area contributed by atoms with E-state index in [1.807, 2.05) is 19.1 Å². The van der Waals surface area contributed by atoms with Crippen LogP contribution in [0.25, 0.3) is 5.78 Å². The van der Waals surface area contributed by atoms with E-state index in [0.29, 0.717) is 24.3 Å². The largest absolute Gasteiger partial charge is 0.356 e. The van der Waals surface area contributed by atoms with Crippen LogP contribution in [0.4, 0.5) is 10.2 Å². The first-order valence-corrected chi connectivity index (χ1v) is 9.55. The Morgan fingerprint density at radius 1 is 1.29 bits per heavy atom. The molecular weight excluding hydrogens is 359 g/mol. The fourth-order valence-corrected chi connectivity index (χ4v) is 3.67. The summed E-state index contributed by atoms with van der Waals surface area (Å²) in [4.78, 5) is 23.2. The minimum absolute atomic E-state index is 0.0222. The molecule has 3 heterocycles. The van der Waals surface area contributed by atoms with E-state index in [4.69, 9.17) is 0 Å². The maximum atomic E-state index is 13.7. The first-order valence-electron chi connectivity index (χ1n) is 9.55. The van der Waals surface area contributed by atoms with Gasteiger partial charge < -0.3 is 10.2 Å². The van der Waals surface area contributed by atoms with Crippen LogP contribution in [0.5, 0.6) is 0 Å². The average molecular weight is 382 g/mol. The van der Waals surface area contributed by atoms with Gasteiger partial charge >= 0.3 is 0 Å². The average Bonchev–Trinajstić information content (AvgIpc) is 3.17. The van der Waals surface area contributed by atoms with Crippen molar-refractivity contribution in [1.29, 1.82) is 0 Å². The zero-order valence-electron chi connectivity index (χ0n) is 15.8. The highest BCUT2D eigenvalue weighted by atomic mass is 19.1. The fourth-order valence-electron chi connectivity index (χ4n) is 3.67. The standard InChI is InChI=1S/C20H23FN6O/c1-14-12-18(27-20(25-14)23-13-24-27)26-10-7-16(8-11-26)19(28)22-9-6-15-4-2-3-5-17(15)21/h2-5,12-13,16H,6-11H2,1H3,(H,22,28). The highest BCUT2D eigenvalue weighted by molar-refractivity contribution is 5.79. The van der Waals surface area contributed by atoms with Gasteiger partial charge in [0.1, 0.15) is 18.0 Å². The number of rotatable bonds is 5. The van der Waals surface area contributed by atoms with Crippen LogP contribution in [0.15, 0.2) is 36.7 Å². The van der Waals surface area contributed by atoms with Crippen LogP contribution in [-0.2, 0) is 11.2 Å². The Morgan fingerprint density at radius 2 is 2.07 bits per heavy atom. The van der Waals surface area contributed by atoms with Gasteiger partial charge in [-0.15, -0.1) is 0 Å². The van der Waals surface area contributed by atoms with E-state index in [0.717, 1.165) is 37.4 Å². The molecular formula is C20H23FN6O. The van der Waals surface area contributed by atoms with Gasteiger partial charge in [-0.05, 0) is 37.8 Å². The van der Waals surface area contributed by atoms with Crippen LogP contribution >= 0.6 is 0 Å². The number of hydrogen-bond acceptors (Lipinski definition) is 5. The number of aromatic nitrogens is 4. The lowest BCUT2D eigenvalue weighted by Gasteiger charge is -2.32. The van der Waals surface area contributed by atoms with Crippen LogP contribution in [-0.4, -0.2) is 45.1 Å². The van der Waals surface area contributed by atoms with Crippen molar-refractivity contribution in [3.63, 3.8) is 0 Å². The number of anilines is 1. The summed E-state index contributed by atoms with van der Waals surface area (Å²) in [5.41, 5.74) is 1.52. The molecule has 0 bridgehead atoms. The first-order chi connectivity index (χ1) is 13.6. The summed E-state index contributed by atoms with van der Waals surface area (Å²) in [6.07, 6.45) is 3.53. The Bertz CT molecular complexity index is 980. The molecule has 1 fully saturated rings. The number of fused-ring (bicyclic) bond motifs is 1. The van der Waals surface area contributed by atoms with Gasteiger partial charge in [-0.25, -0.2) is 9.37 Å². The van der Waals surface area contributed by atoms with Crippen LogP contribution in [0, 0.1) is 18.7 Å². The van der Waals surface area contributed by atoms with E-state index >= 15 is 0 Å². The Morgan fingerprint density at radius 3 is 2.86 bits per heavy atom. The fraction of sp³-hybridized carbons (Fsp3) is 0.400. The summed E-state index contributed by atoms with van der Waals surface area (Å²) in [5.74, 6) is 1.34. The smallest absolute Gasteiger partial charge is 0.254 e. The van der Waals surface area contributed by atoms with E-state index in [2.05, 4.69) is 25.3 Å². The van der Waals surface area contributed by atoms with Gasteiger partial charge in [0.05, 0.1) is 0 Å². The third kappa shape index (κ3) is 3.81. The molecule has 1 aromatic carbocycles. The molecule has 28 heavy (non-hydrogen) atoms. The van der Waals surface area contributed by atoms with Crippen LogP contribution in [0.1, 0.15) is 24.1 Å². The monoisotopic (exact) mass is 382 g/mol. The van der Waals surface area contributed by atoms with Crippen molar-refractivity contribution in [3.8, 4) is 0 Å². The Kier molecular flexibility index (Phi) is 5.18. The molecule has 1 aliphatic rings. The van der Waals surface area contributed by atoms with Crippen LogP contribution < -0.4 is 10.2 Å². The summed E-state index contributed by atoms with van der Waals surface area (Å²) in [6.45, 7) is 3.92. The van der Waals surface area contributed by atoms with E-state index in [9.17, 15) is 9.18 Å². The van der Waals surface area contributed by atoms with Crippen molar-refractivity contribution < 1.29 is 9.18 Å². The maximum absolute atomic E-state index is 13.7. The SMILES string of the molecule is Cc1cc(N2CCC(C(=O)NCCc3ccccc3F)CC2)n2ncnc2n1. The van der Waals surface area contributed by atoms with Gasteiger partial charge in [0.15, 0.2) is 0 Å². The first kappa shape index (κ1) is 18.3. The predicted molar refractivity (Wildman–Crippen MR) is 104 cm³/mol. The van der Waals surface area contributed by atoms with Crippen molar-refractivity contribution >= 4 is 17.5 Å². The normalized spacial score (nSPS) is 15.1. The molecule has 0 unspecified atom stereocenters. The number of nitrogens with zero attached hydrogens (tertiary/aromatic N) is 5. The molecule has 146 valence electrons. The molecule has 0 spiro atoms. The Labute approximate surface area is 162 Å². The second-order valence-electron chi connectivity index (χ2n) is 7.12. The summed E-state index contributed by atoms with van der Waals surface area (Å²) in [5, 5.41) is 7.21. The molecule has 1 N–H and O–H groups in total. The van der Waals surface area contributed by atoms with Gasteiger partial charge in [0.2, 0.25) is 5.91 Å². The van der Waals surface area contributed by atoms with Gasteiger partial charge in [-0.3, -0.25) is 4.79 Å². The zero-order valence-corrected chi connectivity index (χ0v) is 15.8. The van der Waals surface area contributed by atoms with E-state index in [-0.39, 0.29) is 17.6 Å². The molecule has 1 amide bonds. The Hall–Kier alpha value is -3.03. The number of carbonyl (C=O) groups excluding carboxylic acids is 1. The number of nitrogens with one attached hydrogen (secondary N) is 1. The van der Waals surface area contributed by atoms with E-state index in [1.165, 1.54) is 12.4 Å². The summed E-state index contributed by atoms with van der Waals surface area (Å²) in [6, 6.07) is 8.67. The van der Waals surface area contributed by atoms with Crippen molar-refractivity contribution in [3.05, 3.63) is 53.7 Å². The third-order valence-corrected chi connectivity index (χ3v) is 5.20. The molecule has 0 atom stereocenters. The van der Waals surface area contributed by atoms with E-state index in [1.54, 1.807) is 16.6 Å².